The first-order valence-corrected chi connectivity index (χ1v) is 6.92. The summed E-state index contributed by atoms with van der Waals surface area (Å²) < 4.78 is 5.62. The number of ether oxygens (including phenoxy) is 1. The zero-order valence-electron chi connectivity index (χ0n) is 12.3. The normalized spacial score (nSPS) is 23.5. The van der Waals surface area contributed by atoms with Crippen molar-refractivity contribution in [3.63, 3.8) is 0 Å². The highest BCUT2D eigenvalue weighted by Crippen LogP contribution is 2.21. The Morgan fingerprint density at radius 2 is 2.30 bits per heavy atom. The van der Waals surface area contributed by atoms with Gasteiger partial charge in [0.2, 0.25) is 0 Å². The number of benzene rings is 1. The van der Waals surface area contributed by atoms with Crippen molar-refractivity contribution in [3.05, 3.63) is 34.9 Å². The highest BCUT2D eigenvalue weighted by atomic mass is 16.5. The highest BCUT2D eigenvalue weighted by molar-refractivity contribution is 5.97. The fourth-order valence-electron chi connectivity index (χ4n) is 2.78. The molecule has 0 aliphatic carbocycles. The van der Waals surface area contributed by atoms with Crippen molar-refractivity contribution in [2.75, 3.05) is 13.7 Å². The van der Waals surface area contributed by atoms with Crippen LogP contribution in [-0.2, 0) is 11.3 Å². The Hall–Kier alpha value is -1.59. The zero-order chi connectivity index (χ0) is 14.7. The highest BCUT2D eigenvalue weighted by Gasteiger charge is 2.27. The number of nitrogens with two attached hydrogens (primary N) is 1. The number of hydrogen-bond acceptors (Lipinski definition) is 4. The van der Waals surface area contributed by atoms with Gasteiger partial charge >= 0.3 is 0 Å². The Morgan fingerprint density at radius 3 is 2.85 bits per heavy atom. The Morgan fingerprint density at radius 1 is 1.55 bits per heavy atom. The average Bonchev–Trinajstić information content (AvgIpc) is 2.86. The Balaban J connectivity index is 2.10. The molecule has 2 unspecified atom stereocenters. The van der Waals surface area contributed by atoms with E-state index in [1.807, 2.05) is 25.1 Å². The second-order valence-corrected chi connectivity index (χ2v) is 5.47. The predicted octanol–water partition coefficient (Wildman–Crippen LogP) is 1.70. The van der Waals surface area contributed by atoms with Crippen molar-refractivity contribution in [2.24, 2.45) is 10.9 Å². The first kappa shape index (κ1) is 14.8. The zero-order valence-corrected chi connectivity index (χ0v) is 12.3. The number of amidine groups is 1. The molecule has 110 valence electrons. The van der Waals surface area contributed by atoms with Gasteiger partial charge in [0, 0.05) is 24.8 Å². The van der Waals surface area contributed by atoms with Crippen molar-refractivity contribution < 1.29 is 9.94 Å². The van der Waals surface area contributed by atoms with Gasteiger partial charge in [-0.25, -0.2) is 0 Å². The molecule has 1 saturated heterocycles. The number of rotatable bonds is 4. The Bertz CT molecular complexity index is 502. The summed E-state index contributed by atoms with van der Waals surface area (Å²) in [6.07, 6.45) is 1.37. The van der Waals surface area contributed by atoms with Gasteiger partial charge in [0.1, 0.15) is 0 Å². The number of hydrogen-bond donors (Lipinski definition) is 2. The van der Waals surface area contributed by atoms with Crippen LogP contribution >= 0.6 is 0 Å². The quantitative estimate of drug-likeness (QED) is 0.380. The molecule has 1 aromatic rings. The Labute approximate surface area is 120 Å². The second-order valence-electron chi connectivity index (χ2n) is 5.47. The van der Waals surface area contributed by atoms with Gasteiger partial charge in [-0.05, 0) is 44.5 Å². The number of aryl methyl sites for hydroxylation is 1. The van der Waals surface area contributed by atoms with E-state index >= 15 is 0 Å². The fraction of sp³-hybridized carbons (Fsp3) is 0.533. The van der Waals surface area contributed by atoms with Crippen LogP contribution in [-0.4, -0.2) is 41.7 Å². The summed E-state index contributed by atoms with van der Waals surface area (Å²) in [5.41, 5.74) is 8.75. The van der Waals surface area contributed by atoms with E-state index in [-0.39, 0.29) is 11.9 Å². The van der Waals surface area contributed by atoms with Crippen molar-refractivity contribution in [1.29, 1.82) is 0 Å². The molecule has 3 N–H and O–H groups in total. The maximum absolute atomic E-state index is 8.71. The molecule has 1 fully saturated rings. The van der Waals surface area contributed by atoms with E-state index < -0.39 is 0 Å². The maximum Gasteiger partial charge on any atom is 0.170 e. The van der Waals surface area contributed by atoms with Crippen LogP contribution in [0.3, 0.4) is 0 Å². The predicted molar refractivity (Wildman–Crippen MR) is 79.0 cm³/mol. The van der Waals surface area contributed by atoms with Crippen LogP contribution in [0.4, 0.5) is 0 Å². The SMILES string of the molecule is Cc1cc(/C(N)=N/O)ccc1CN(C)C1CCOC1C. The van der Waals surface area contributed by atoms with E-state index in [1.54, 1.807) is 0 Å². The minimum atomic E-state index is 0.144. The molecule has 0 bridgehead atoms. The van der Waals surface area contributed by atoms with Crippen molar-refractivity contribution in [1.82, 2.24) is 4.90 Å². The standard InChI is InChI=1S/C15H23N3O2/c1-10-8-12(15(16)17-19)4-5-13(10)9-18(3)14-6-7-20-11(14)2/h4-5,8,11,14,19H,6-7,9H2,1-3H3,(H2,16,17). The molecule has 1 aromatic carbocycles. The molecular formula is C15H23N3O2. The molecule has 0 saturated carbocycles. The van der Waals surface area contributed by atoms with Gasteiger partial charge in [0.05, 0.1) is 6.10 Å². The third kappa shape index (κ3) is 3.11. The van der Waals surface area contributed by atoms with E-state index in [0.717, 1.165) is 30.7 Å². The van der Waals surface area contributed by atoms with Gasteiger partial charge in [-0.15, -0.1) is 0 Å². The molecule has 1 aliphatic rings. The first-order valence-electron chi connectivity index (χ1n) is 6.92. The summed E-state index contributed by atoms with van der Waals surface area (Å²) in [5, 5.41) is 11.7. The summed E-state index contributed by atoms with van der Waals surface area (Å²) in [4.78, 5) is 2.34. The lowest BCUT2D eigenvalue weighted by atomic mass is 10.0. The van der Waals surface area contributed by atoms with Crippen LogP contribution in [0, 0.1) is 6.92 Å². The molecule has 5 heteroatoms. The van der Waals surface area contributed by atoms with Gasteiger partial charge < -0.3 is 15.7 Å². The minimum absolute atomic E-state index is 0.144. The van der Waals surface area contributed by atoms with Crippen LogP contribution in [0.5, 0.6) is 0 Å². The van der Waals surface area contributed by atoms with Crippen molar-refractivity contribution in [3.8, 4) is 0 Å². The van der Waals surface area contributed by atoms with Gasteiger partial charge in [0.15, 0.2) is 5.84 Å². The molecule has 2 rings (SSSR count). The van der Waals surface area contributed by atoms with Crippen LogP contribution in [0.15, 0.2) is 23.4 Å². The molecule has 1 heterocycles. The molecule has 0 aromatic heterocycles. The second kappa shape index (κ2) is 6.24. The van der Waals surface area contributed by atoms with Gasteiger partial charge in [-0.2, -0.15) is 0 Å². The van der Waals surface area contributed by atoms with E-state index in [0.29, 0.717) is 6.04 Å². The van der Waals surface area contributed by atoms with Crippen LogP contribution in [0.2, 0.25) is 0 Å². The summed E-state index contributed by atoms with van der Waals surface area (Å²) in [5.74, 6) is 0.144. The molecule has 0 amide bonds. The minimum Gasteiger partial charge on any atom is -0.409 e. The maximum atomic E-state index is 8.71. The van der Waals surface area contributed by atoms with Gasteiger partial charge in [-0.1, -0.05) is 17.3 Å². The smallest absolute Gasteiger partial charge is 0.170 e. The monoisotopic (exact) mass is 277 g/mol. The third-order valence-electron chi connectivity index (χ3n) is 4.07. The molecule has 2 atom stereocenters. The molecule has 1 aliphatic heterocycles. The van der Waals surface area contributed by atoms with Crippen molar-refractivity contribution >= 4 is 5.84 Å². The molecular weight excluding hydrogens is 254 g/mol. The first-order chi connectivity index (χ1) is 9.52. The van der Waals surface area contributed by atoms with E-state index in [2.05, 4.69) is 24.0 Å². The summed E-state index contributed by atoms with van der Waals surface area (Å²) >= 11 is 0. The van der Waals surface area contributed by atoms with E-state index in [4.69, 9.17) is 15.7 Å². The summed E-state index contributed by atoms with van der Waals surface area (Å²) in [6, 6.07) is 6.35. The number of likely N-dealkylation sites (N-methyl/N-ethyl adjacent to an activating group) is 1. The van der Waals surface area contributed by atoms with Gasteiger partial charge in [-0.3, -0.25) is 4.90 Å². The Kier molecular flexibility index (Phi) is 4.62. The largest absolute Gasteiger partial charge is 0.409 e. The lowest BCUT2D eigenvalue weighted by Crippen LogP contribution is -2.36. The summed E-state index contributed by atoms with van der Waals surface area (Å²) in [6.45, 7) is 5.90. The molecule has 0 spiro atoms. The lowest BCUT2D eigenvalue weighted by molar-refractivity contribution is 0.0814. The van der Waals surface area contributed by atoms with Crippen LogP contribution in [0.25, 0.3) is 0 Å². The molecule has 0 radical (unpaired) electrons. The van der Waals surface area contributed by atoms with Crippen LogP contribution < -0.4 is 5.73 Å². The molecule has 5 nitrogen and oxygen atoms in total. The third-order valence-corrected chi connectivity index (χ3v) is 4.07. The van der Waals surface area contributed by atoms with E-state index in [1.165, 1.54) is 5.56 Å². The fourth-order valence-corrected chi connectivity index (χ4v) is 2.78. The number of nitrogens with zero attached hydrogens (tertiary/aromatic N) is 2. The van der Waals surface area contributed by atoms with Gasteiger partial charge in [0.25, 0.3) is 0 Å². The summed E-state index contributed by atoms with van der Waals surface area (Å²) in [7, 11) is 2.13. The number of oxime groups is 1. The van der Waals surface area contributed by atoms with Crippen LogP contribution in [0.1, 0.15) is 30.0 Å². The average molecular weight is 277 g/mol. The molecule has 20 heavy (non-hydrogen) atoms. The van der Waals surface area contributed by atoms with E-state index in [9.17, 15) is 0 Å². The topological polar surface area (TPSA) is 71.1 Å². The van der Waals surface area contributed by atoms with Crippen molar-refractivity contribution in [2.45, 2.75) is 39.0 Å². The lowest BCUT2D eigenvalue weighted by Gasteiger charge is -2.27.